The second kappa shape index (κ2) is 11.2. The van der Waals surface area contributed by atoms with Crippen molar-refractivity contribution in [2.24, 2.45) is 0 Å². The van der Waals surface area contributed by atoms with E-state index in [1.54, 1.807) is 0 Å². The minimum atomic E-state index is -1.22. The lowest BCUT2D eigenvalue weighted by atomic mass is 9.98. The zero-order chi connectivity index (χ0) is 20.6. The molecule has 0 radical (unpaired) electrons. The molecule has 1 heterocycles. The molecule has 1 saturated heterocycles. The first-order valence-corrected chi connectivity index (χ1v) is 9.25. The fraction of sp³-hybridized carbons (Fsp3) is 0.750. The Labute approximate surface area is 164 Å². The molecule has 0 unspecified atom stereocenters. The standard InChI is InChI=1S/C16H23BrO10/c1-8(18)23-7-12-13(24-9(2)19)14(25-10(3)20)15(26-11(4)21)16(27-12)22-6-5-17/h12-16H,5-7H2,1-4H3/t12-,13+,14+,15-,16+/m1/s1. The van der Waals surface area contributed by atoms with Gasteiger partial charge >= 0.3 is 23.9 Å². The summed E-state index contributed by atoms with van der Waals surface area (Å²) in [4.78, 5) is 45.8. The highest BCUT2D eigenvalue weighted by atomic mass is 79.9. The Morgan fingerprint density at radius 2 is 1.33 bits per heavy atom. The SMILES string of the molecule is CC(=O)OC[C@H]1O[C@H](OCCBr)[C@H](OC(C)=O)[C@@H](OC(C)=O)[C@H]1OC(C)=O. The zero-order valence-corrected chi connectivity index (χ0v) is 17.1. The van der Waals surface area contributed by atoms with Crippen LogP contribution in [0, 0.1) is 0 Å². The van der Waals surface area contributed by atoms with Crippen LogP contribution in [0.3, 0.4) is 0 Å². The van der Waals surface area contributed by atoms with Crippen molar-refractivity contribution in [2.45, 2.75) is 58.4 Å². The summed E-state index contributed by atoms with van der Waals surface area (Å²) >= 11 is 3.20. The smallest absolute Gasteiger partial charge is 0.303 e. The summed E-state index contributed by atoms with van der Waals surface area (Å²) < 4.78 is 31.9. The van der Waals surface area contributed by atoms with E-state index >= 15 is 0 Å². The molecule has 0 saturated carbocycles. The number of halogens is 1. The first-order chi connectivity index (χ1) is 12.6. The zero-order valence-electron chi connectivity index (χ0n) is 15.5. The molecule has 0 bridgehead atoms. The predicted molar refractivity (Wildman–Crippen MR) is 91.7 cm³/mol. The van der Waals surface area contributed by atoms with Crippen LogP contribution in [-0.2, 0) is 47.6 Å². The molecule has 5 atom stereocenters. The van der Waals surface area contributed by atoms with Gasteiger partial charge in [-0.15, -0.1) is 0 Å². The van der Waals surface area contributed by atoms with Crippen LogP contribution >= 0.6 is 15.9 Å². The first kappa shape index (κ1) is 23.3. The van der Waals surface area contributed by atoms with Gasteiger partial charge in [-0.2, -0.15) is 0 Å². The molecule has 0 spiro atoms. The third-order valence-corrected chi connectivity index (χ3v) is 3.63. The normalized spacial score (nSPS) is 27.4. The summed E-state index contributed by atoms with van der Waals surface area (Å²) in [7, 11) is 0. The van der Waals surface area contributed by atoms with Gasteiger partial charge in [0.15, 0.2) is 24.6 Å². The van der Waals surface area contributed by atoms with Crippen molar-refractivity contribution in [3.63, 3.8) is 0 Å². The lowest BCUT2D eigenvalue weighted by Gasteiger charge is -2.44. The van der Waals surface area contributed by atoms with Gasteiger partial charge in [0.2, 0.25) is 0 Å². The molecule has 0 N–H and O–H groups in total. The van der Waals surface area contributed by atoms with E-state index in [2.05, 4.69) is 15.9 Å². The minimum absolute atomic E-state index is 0.188. The van der Waals surface area contributed by atoms with E-state index in [4.69, 9.17) is 28.4 Å². The van der Waals surface area contributed by atoms with Crippen LogP contribution in [0.5, 0.6) is 0 Å². The van der Waals surface area contributed by atoms with Crippen LogP contribution in [0.1, 0.15) is 27.7 Å². The van der Waals surface area contributed by atoms with E-state index in [-0.39, 0.29) is 13.2 Å². The highest BCUT2D eigenvalue weighted by Crippen LogP contribution is 2.29. The van der Waals surface area contributed by atoms with Crippen molar-refractivity contribution in [2.75, 3.05) is 18.5 Å². The van der Waals surface area contributed by atoms with Crippen LogP contribution in [0.25, 0.3) is 0 Å². The number of esters is 4. The molecular formula is C16H23BrO10. The summed E-state index contributed by atoms with van der Waals surface area (Å²) in [5, 5.41) is 0.458. The number of alkyl halides is 1. The fourth-order valence-corrected chi connectivity index (χ4v) is 2.67. The van der Waals surface area contributed by atoms with E-state index in [0.717, 1.165) is 20.8 Å². The Bertz CT molecular complexity index is 551. The summed E-state index contributed by atoms with van der Waals surface area (Å²) in [6.45, 7) is 4.58. The predicted octanol–water partition coefficient (Wildman–Crippen LogP) is 0.481. The van der Waals surface area contributed by atoms with E-state index < -0.39 is 54.6 Å². The van der Waals surface area contributed by atoms with Crippen LogP contribution in [0.15, 0.2) is 0 Å². The van der Waals surface area contributed by atoms with Gasteiger partial charge in [-0.05, 0) is 0 Å². The van der Waals surface area contributed by atoms with Gasteiger partial charge < -0.3 is 28.4 Å². The Hall–Kier alpha value is -1.72. The summed E-state index contributed by atoms with van der Waals surface area (Å²) in [5.74, 6) is -2.63. The van der Waals surface area contributed by atoms with Gasteiger partial charge in [0, 0.05) is 33.0 Å². The van der Waals surface area contributed by atoms with Gasteiger partial charge in [0.05, 0.1) is 6.61 Å². The second-order valence-corrected chi connectivity index (χ2v) is 6.42. The maximum atomic E-state index is 11.6. The quantitative estimate of drug-likeness (QED) is 0.290. The van der Waals surface area contributed by atoms with Crippen LogP contribution in [-0.4, -0.2) is 73.1 Å². The molecule has 0 aliphatic carbocycles. The van der Waals surface area contributed by atoms with Crippen molar-refractivity contribution in [1.82, 2.24) is 0 Å². The van der Waals surface area contributed by atoms with Crippen LogP contribution < -0.4 is 0 Å². The van der Waals surface area contributed by atoms with E-state index in [9.17, 15) is 19.2 Å². The summed E-state index contributed by atoms with van der Waals surface area (Å²) in [5.41, 5.74) is 0. The topological polar surface area (TPSA) is 124 Å². The van der Waals surface area contributed by atoms with Gasteiger partial charge in [-0.25, -0.2) is 0 Å². The maximum Gasteiger partial charge on any atom is 0.303 e. The van der Waals surface area contributed by atoms with Crippen molar-refractivity contribution in [3.05, 3.63) is 0 Å². The number of hydrogen-bond donors (Lipinski definition) is 0. The average molecular weight is 455 g/mol. The number of carbonyl (C=O) groups is 4. The van der Waals surface area contributed by atoms with Crippen LogP contribution in [0.2, 0.25) is 0 Å². The number of ether oxygens (including phenoxy) is 6. The fourth-order valence-electron chi connectivity index (χ4n) is 2.48. The van der Waals surface area contributed by atoms with Crippen molar-refractivity contribution < 1.29 is 47.6 Å². The average Bonchev–Trinajstić information content (AvgIpc) is 2.54. The number of rotatable bonds is 8. The molecule has 0 aromatic heterocycles. The lowest BCUT2D eigenvalue weighted by Crippen LogP contribution is -2.63. The number of hydrogen-bond acceptors (Lipinski definition) is 10. The molecule has 154 valence electrons. The molecule has 1 fully saturated rings. The number of carbonyl (C=O) groups excluding carboxylic acids is 4. The third kappa shape index (κ3) is 7.81. The highest BCUT2D eigenvalue weighted by molar-refractivity contribution is 9.09. The van der Waals surface area contributed by atoms with Gasteiger partial charge in [-0.3, -0.25) is 19.2 Å². The Morgan fingerprint density at radius 3 is 1.81 bits per heavy atom. The van der Waals surface area contributed by atoms with E-state index in [1.165, 1.54) is 6.92 Å². The molecule has 1 aliphatic rings. The molecule has 11 heteroatoms. The molecule has 10 nitrogen and oxygen atoms in total. The largest absolute Gasteiger partial charge is 0.463 e. The monoisotopic (exact) mass is 454 g/mol. The van der Waals surface area contributed by atoms with Crippen molar-refractivity contribution in [1.29, 1.82) is 0 Å². The first-order valence-electron chi connectivity index (χ1n) is 8.13. The second-order valence-electron chi connectivity index (χ2n) is 5.63. The molecule has 27 heavy (non-hydrogen) atoms. The highest BCUT2D eigenvalue weighted by Gasteiger charge is 2.52. The molecule has 1 rings (SSSR count). The Morgan fingerprint density at radius 1 is 0.815 bits per heavy atom. The van der Waals surface area contributed by atoms with Crippen molar-refractivity contribution >= 4 is 39.8 Å². The Balaban J connectivity index is 3.22. The minimum Gasteiger partial charge on any atom is -0.463 e. The van der Waals surface area contributed by atoms with E-state index in [1.807, 2.05) is 0 Å². The van der Waals surface area contributed by atoms with Gasteiger partial charge in [0.1, 0.15) is 12.7 Å². The summed E-state index contributed by atoms with van der Waals surface area (Å²) in [6.07, 6.45) is -5.73. The van der Waals surface area contributed by atoms with Crippen LogP contribution in [0.4, 0.5) is 0 Å². The Kier molecular flexibility index (Phi) is 9.67. The molecular weight excluding hydrogens is 432 g/mol. The molecule has 0 aromatic rings. The van der Waals surface area contributed by atoms with Crippen molar-refractivity contribution in [3.8, 4) is 0 Å². The molecule has 0 amide bonds. The summed E-state index contributed by atoms with van der Waals surface area (Å²) in [6, 6.07) is 0. The van der Waals surface area contributed by atoms with Gasteiger partial charge in [-0.1, -0.05) is 15.9 Å². The third-order valence-electron chi connectivity index (χ3n) is 3.31. The molecule has 1 aliphatic heterocycles. The lowest BCUT2D eigenvalue weighted by molar-refractivity contribution is -0.306. The van der Waals surface area contributed by atoms with Gasteiger partial charge in [0.25, 0.3) is 0 Å². The molecule has 0 aromatic carbocycles. The van der Waals surface area contributed by atoms with E-state index in [0.29, 0.717) is 5.33 Å². The maximum absolute atomic E-state index is 11.6.